The first-order valence-corrected chi connectivity index (χ1v) is 11.6. The first-order chi connectivity index (χ1) is 17.2. The summed E-state index contributed by atoms with van der Waals surface area (Å²) < 4.78 is 16.0. The van der Waals surface area contributed by atoms with Gasteiger partial charge in [0.2, 0.25) is 11.7 Å². The van der Waals surface area contributed by atoms with E-state index in [4.69, 9.17) is 14.0 Å². The Morgan fingerprint density at radius 1 is 1.19 bits per heavy atom. The van der Waals surface area contributed by atoms with Gasteiger partial charge in [-0.25, -0.2) is 4.98 Å². The second kappa shape index (κ2) is 10.4. The number of aromatic nitrogens is 3. The first kappa shape index (κ1) is 25.3. The number of ether oxygens (including phenoxy) is 2. The van der Waals surface area contributed by atoms with E-state index in [1.54, 1.807) is 31.4 Å². The Hall–Kier alpha value is -3.80. The van der Waals surface area contributed by atoms with Crippen LogP contribution >= 0.6 is 0 Å². The Labute approximate surface area is 211 Å². The molecule has 1 aliphatic carbocycles. The van der Waals surface area contributed by atoms with Crippen molar-refractivity contribution in [2.24, 2.45) is 5.92 Å². The molecule has 11 nitrogen and oxygen atoms in total. The van der Waals surface area contributed by atoms with Gasteiger partial charge < -0.3 is 29.9 Å². The van der Waals surface area contributed by atoms with Gasteiger partial charge in [-0.3, -0.25) is 9.59 Å². The van der Waals surface area contributed by atoms with Crippen molar-refractivity contribution >= 4 is 52.5 Å². The standard InChI is InChI=1S/C22H27B3N6O5/c1-34-10-17-29-19(31-36-17)12-4-3-5-14(18(12)35-2)27-15-8-16(28-20(32)11-6-7-11)26-9-13(15)21(33)30-22(23,24)25/h3-5,8-9,11H,6-7,10,23-25H2,1-2H3,(H,30,33)(H2,26,27,28,32). The van der Waals surface area contributed by atoms with E-state index in [0.29, 0.717) is 45.8 Å². The average Bonchev–Trinajstić information content (AvgIpc) is 3.57. The van der Waals surface area contributed by atoms with Gasteiger partial charge in [-0.05, 0) is 30.2 Å². The van der Waals surface area contributed by atoms with Crippen molar-refractivity contribution in [1.82, 2.24) is 20.4 Å². The second-order valence-corrected chi connectivity index (χ2v) is 9.54. The van der Waals surface area contributed by atoms with E-state index in [1.807, 2.05) is 23.5 Å². The van der Waals surface area contributed by atoms with Crippen LogP contribution in [0.15, 0.2) is 35.0 Å². The normalized spacial score (nSPS) is 13.2. The molecule has 0 radical (unpaired) electrons. The Morgan fingerprint density at radius 2 is 1.97 bits per heavy atom. The number of hydrogen-bond donors (Lipinski definition) is 3. The number of methoxy groups -OCH3 is 2. The lowest BCUT2D eigenvalue weighted by Gasteiger charge is -2.22. The third-order valence-corrected chi connectivity index (χ3v) is 5.30. The fourth-order valence-corrected chi connectivity index (χ4v) is 3.51. The van der Waals surface area contributed by atoms with E-state index < -0.39 is 5.24 Å². The minimum absolute atomic E-state index is 0.0156. The molecule has 3 N–H and O–H groups in total. The van der Waals surface area contributed by atoms with Crippen LogP contribution in [0.25, 0.3) is 11.4 Å². The van der Waals surface area contributed by atoms with Crippen LogP contribution in [0.1, 0.15) is 29.1 Å². The molecule has 3 aromatic rings. The van der Waals surface area contributed by atoms with Crippen molar-refractivity contribution in [2.75, 3.05) is 24.9 Å². The number of para-hydroxylation sites is 1. The van der Waals surface area contributed by atoms with Gasteiger partial charge >= 0.3 is 0 Å². The molecule has 1 aliphatic rings. The maximum absolute atomic E-state index is 13.1. The highest BCUT2D eigenvalue weighted by Gasteiger charge is 2.30. The SMILES string of the molecule is BC(B)(B)NC(=O)c1cnc(NC(=O)C2CC2)cc1Nc1cccc(-c2noc(COC)n2)c1OC. The lowest BCUT2D eigenvalue weighted by atomic mass is 9.49. The van der Waals surface area contributed by atoms with E-state index in [9.17, 15) is 9.59 Å². The molecule has 0 spiro atoms. The number of carbonyl (C=O) groups is 2. The molecular weight excluding hydrogens is 461 g/mol. The quantitative estimate of drug-likeness (QED) is 0.326. The topological polar surface area (TPSA) is 140 Å². The first-order valence-electron chi connectivity index (χ1n) is 11.6. The third-order valence-electron chi connectivity index (χ3n) is 5.30. The van der Waals surface area contributed by atoms with Crippen molar-refractivity contribution < 1.29 is 23.6 Å². The number of nitrogens with one attached hydrogen (secondary N) is 3. The molecule has 4 rings (SSSR count). The molecule has 0 bridgehead atoms. The molecule has 0 aliphatic heterocycles. The van der Waals surface area contributed by atoms with Crippen LogP contribution in [0, 0.1) is 5.92 Å². The van der Waals surface area contributed by atoms with E-state index in [1.165, 1.54) is 13.3 Å². The zero-order chi connectivity index (χ0) is 25.9. The van der Waals surface area contributed by atoms with Crippen LogP contribution in [-0.2, 0) is 16.1 Å². The molecule has 14 heteroatoms. The summed E-state index contributed by atoms with van der Waals surface area (Å²) in [5, 5.41) is 12.6. The lowest BCUT2D eigenvalue weighted by molar-refractivity contribution is -0.117. The van der Waals surface area contributed by atoms with Crippen molar-refractivity contribution in [3.05, 3.63) is 41.9 Å². The second-order valence-electron chi connectivity index (χ2n) is 9.54. The van der Waals surface area contributed by atoms with Gasteiger partial charge in [-0.15, -0.1) is 0 Å². The Kier molecular flexibility index (Phi) is 7.34. The minimum atomic E-state index is -0.455. The molecular formula is C22H27B3N6O5. The van der Waals surface area contributed by atoms with Crippen LogP contribution < -0.4 is 20.7 Å². The Bertz CT molecular complexity index is 1280. The summed E-state index contributed by atoms with van der Waals surface area (Å²) in [6, 6.07) is 7.03. The summed E-state index contributed by atoms with van der Waals surface area (Å²) in [7, 11) is 8.75. The van der Waals surface area contributed by atoms with Gasteiger partial charge in [-0.1, -0.05) is 11.2 Å². The summed E-state index contributed by atoms with van der Waals surface area (Å²) >= 11 is 0. The molecule has 1 aromatic carbocycles. The zero-order valence-electron chi connectivity index (χ0n) is 21.0. The number of hydrogen-bond acceptors (Lipinski definition) is 9. The molecule has 0 atom stereocenters. The average molecular weight is 488 g/mol. The summed E-state index contributed by atoms with van der Waals surface area (Å²) in [5.74, 6) is 1.09. The number of amides is 2. The zero-order valence-corrected chi connectivity index (χ0v) is 21.0. The largest absolute Gasteiger partial charge is 0.494 e. The number of anilines is 3. The summed E-state index contributed by atoms with van der Waals surface area (Å²) in [5.41, 5.74) is 1.90. The summed E-state index contributed by atoms with van der Waals surface area (Å²) in [6.07, 6.45) is 3.18. The van der Waals surface area contributed by atoms with Crippen LogP contribution in [-0.4, -0.2) is 69.9 Å². The number of carbonyl (C=O) groups excluding carboxylic acids is 2. The van der Waals surface area contributed by atoms with Crippen LogP contribution in [0.5, 0.6) is 5.75 Å². The molecule has 2 aromatic heterocycles. The maximum atomic E-state index is 13.1. The Balaban J connectivity index is 1.70. The van der Waals surface area contributed by atoms with Crippen LogP contribution in [0.2, 0.25) is 0 Å². The lowest BCUT2D eigenvalue weighted by Crippen LogP contribution is -2.50. The van der Waals surface area contributed by atoms with Gasteiger partial charge in [-0.2, -0.15) is 4.98 Å². The number of benzene rings is 1. The minimum Gasteiger partial charge on any atom is -0.494 e. The van der Waals surface area contributed by atoms with Crippen molar-refractivity contribution in [3.63, 3.8) is 0 Å². The van der Waals surface area contributed by atoms with E-state index >= 15 is 0 Å². The van der Waals surface area contributed by atoms with Gasteiger partial charge in [0, 0.05) is 25.3 Å². The summed E-state index contributed by atoms with van der Waals surface area (Å²) in [4.78, 5) is 34.0. The molecule has 1 saturated carbocycles. The van der Waals surface area contributed by atoms with Crippen LogP contribution in [0.3, 0.4) is 0 Å². The highest BCUT2D eigenvalue weighted by molar-refractivity contribution is 6.60. The molecule has 36 heavy (non-hydrogen) atoms. The van der Waals surface area contributed by atoms with Crippen molar-refractivity contribution in [2.45, 2.75) is 24.7 Å². The van der Waals surface area contributed by atoms with Crippen molar-refractivity contribution in [1.29, 1.82) is 0 Å². The number of nitrogens with zero attached hydrogens (tertiary/aromatic N) is 3. The van der Waals surface area contributed by atoms with Gasteiger partial charge in [0.05, 0.1) is 29.6 Å². The smallest absolute Gasteiger partial charge is 0.253 e. The number of rotatable bonds is 10. The fraction of sp³-hybridized carbons (Fsp3) is 0.318. The van der Waals surface area contributed by atoms with E-state index in [0.717, 1.165) is 12.8 Å². The third kappa shape index (κ3) is 6.06. The van der Waals surface area contributed by atoms with Gasteiger partial charge in [0.25, 0.3) is 11.8 Å². The van der Waals surface area contributed by atoms with E-state index in [-0.39, 0.29) is 24.3 Å². The monoisotopic (exact) mass is 488 g/mol. The van der Waals surface area contributed by atoms with Gasteiger partial charge in [0.1, 0.15) is 36.0 Å². The van der Waals surface area contributed by atoms with Gasteiger partial charge in [0.15, 0.2) is 5.75 Å². The molecule has 0 saturated heterocycles. The molecule has 2 heterocycles. The highest BCUT2D eigenvalue weighted by Crippen LogP contribution is 2.38. The highest BCUT2D eigenvalue weighted by atomic mass is 16.5. The van der Waals surface area contributed by atoms with E-state index in [2.05, 4.69) is 31.1 Å². The van der Waals surface area contributed by atoms with Crippen LogP contribution in [0.4, 0.5) is 17.2 Å². The fourth-order valence-electron chi connectivity index (χ4n) is 3.51. The predicted molar refractivity (Wildman–Crippen MR) is 142 cm³/mol. The molecule has 1 fully saturated rings. The van der Waals surface area contributed by atoms with Crippen molar-refractivity contribution in [3.8, 4) is 17.1 Å². The molecule has 0 unspecified atom stereocenters. The summed E-state index contributed by atoms with van der Waals surface area (Å²) in [6.45, 7) is 0.186. The Morgan fingerprint density at radius 3 is 2.64 bits per heavy atom. The maximum Gasteiger partial charge on any atom is 0.253 e. The molecule has 184 valence electrons. The molecule has 2 amide bonds. The predicted octanol–water partition coefficient (Wildman–Crippen LogP) is -0.381. The number of pyridine rings is 1.